The molecule has 1 N–H and O–H groups in total. The predicted molar refractivity (Wildman–Crippen MR) is 131 cm³/mol. The average Bonchev–Trinajstić information content (AvgIpc) is 3.62. The number of benzene rings is 1. The Morgan fingerprint density at radius 1 is 1.25 bits per heavy atom. The largest absolute Gasteiger partial charge is 0.461 e. The van der Waals surface area contributed by atoms with Crippen molar-refractivity contribution in [1.29, 1.82) is 0 Å². The third-order valence-corrected chi connectivity index (χ3v) is 6.11. The van der Waals surface area contributed by atoms with Crippen LogP contribution in [0.2, 0.25) is 0 Å². The second kappa shape index (κ2) is 9.76. The maximum absolute atomic E-state index is 13.1. The molecule has 3 aromatic heterocycles. The van der Waals surface area contributed by atoms with Crippen molar-refractivity contribution in [3.63, 3.8) is 0 Å². The minimum Gasteiger partial charge on any atom is -0.461 e. The van der Waals surface area contributed by atoms with Gasteiger partial charge in [0, 0.05) is 56.3 Å². The van der Waals surface area contributed by atoms with Gasteiger partial charge in [0.2, 0.25) is 11.7 Å². The van der Waals surface area contributed by atoms with Crippen molar-refractivity contribution in [2.45, 2.75) is 32.7 Å². The number of fused-ring (bicyclic) bond motifs is 1. The zero-order chi connectivity index (χ0) is 25.2. The fraction of sp³-hybridized carbons (Fsp3) is 0.360. The highest BCUT2D eigenvalue weighted by Gasteiger charge is 2.30. The van der Waals surface area contributed by atoms with Crippen molar-refractivity contribution in [1.82, 2.24) is 29.8 Å². The van der Waals surface area contributed by atoms with Crippen molar-refractivity contribution >= 4 is 28.5 Å². The molecule has 0 bridgehead atoms. The van der Waals surface area contributed by atoms with Gasteiger partial charge in [-0.3, -0.25) is 9.48 Å². The summed E-state index contributed by atoms with van der Waals surface area (Å²) in [7, 11) is 1.63. The summed E-state index contributed by atoms with van der Waals surface area (Å²) in [4.78, 5) is 35.9. The number of carbonyl (C=O) groups is 2. The number of anilines is 1. The van der Waals surface area contributed by atoms with Gasteiger partial charge in [-0.2, -0.15) is 10.1 Å². The summed E-state index contributed by atoms with van der Waals surface area (Å²) < 4.78 is 11.7. The Balaban J connectivity index is 1.30. The number of hydrogen-bond donors (Lipinski definition) is 1. The number of aromatic nitrogens is 5. The number of esters is 1. The van der Waals surface area contributed by atoms with Crippen LogP contribution in [-0.2, 0) is 11.8 Å². The molecule has 11 heteroatoms. The predicted octanol–water partition coefficient (Wildman–Crippen LogP) is 3.22. The first-order chi connectivity index (χ1) is 17.4. The van der Waals surface area contributed by atoms with E-state index in [0.29, 0.717) is 31.4 Å². The molecule has 0 saturated carbocycles. The number of amides is 1. The van der Waals surface area contributed by atoms with Crippen LogP contribution in [0.15, 0.2) is 41.1 Å². The van der Waals surface area contributed by atoms with Crippen molar-refractivity contribution in [3.8, 4) is 11.4 Å². The van der Waals surface area contributed by atoms with E-state index in [4.69, 9.17) is 9.26 Å². The minimum atomic E-state index is -0.482. The zero-order valence-corrected chi connectivity index (χ0v) is 20.4. The molecule has 1 aliphatic heterocycles. The third kappa shape index (κ3) is 4.64. The molecule has 0 aliphatic carbocycles. The maximum Gasteiger partial charge on any atom is 0.356 e. The molecule has 0 radical (unpaired) electrons. The molecule has 0 spiro atoms. The van der Waals surface area contributed by atoms with Gasteiger partial charge in [-0.1, -0.05) is 24.2 Å². The Morgan fingerprint density at radius 3 is 2.89 bits per heavy atom. The normalized spacial score (nSPS) is 15.4. The molecule has 4 heterocycles. The summed E-state index contributed by atoms with van der Waals surface area (Å²) in [5.74, 6) is 1.06. The molecule has 4 aromatic rings. The molecule has 1 atom stereocenters. The zero-order valence-electron chi connectivity index (χ0n) is 20.4. The van der Waals surface area contributed by atoms with Crippen LogP contribution in [0.1, 0.15) is 46.6 Å². The number of hydrogen-bond acceptors (Lipinski definition) is 9. The standard InChI is InChI=1S/C25H27N7O4/c1-4-11-35-25(34)21-13-20(29-31(21)3)24(33)32-10-8-18(14-32)28-23-19-12-17(22-27-15(2)36-30-22)6-5-16(19)7-9-26-23/h5-7,9,12-13,18H,4,8,10-11,14H2,1-3H3,(H,26,28). The summed E-state index contributed by atoms with van der Waals surface area (Å²) in [5, 5.41) is 13.7. The van der Waals surface area contributed by atoms with Crippen molar-refractivity contribution in [2.75, 3.05) is 25.0 Å². The van der Waals surface area contributed by atoms with E-state index in [2.05, 4.69) is 25.5 Å². The lowest BCUT2D eigenvalue weighted by molar-refractivity contribution is 0.0492. The van der Waals surface area contributed by atoms with Gasteiger partial charge in [0.1, 0.15) is 11.5 Å². The lowest BCUT2D eigenvalue weighted by Gasteiger charge is -2.17. The summed E-state index contributed by atoms with van der Waals surface area (Å²) in [5.41, 5.74) is 1.32. The fourth-order valence-corrected chi connectivity index (χ4v) is 4.29. The highest BCUT2D eigenvalue weighted by Crippen LogP contribution is 2.28. The van der Waals surface area contributed by atoms with Crippen molar-refractivity contribution in [3.05, 3.63) is 53.8 Å². The number of ether oxygens (including phenoxy) is 1. The number of aryl methyl sites for hydroxylation is 2. The first-order valence-corrected chi connectivity index (χ1v) is 11.9. The van der Waals surface area contributed by atoms with E-state index in [0.717, 1.165) is 35.0 Å². The molecule has 1 amide bonds. The van der Waals surface area contributed by atoms with Gasteiger partial charge in [0.25, 0.3) is 5.91 Å². The smallest absolute Gasteiger partial charge is 0.356 e. The van der Waals surface area contributed by atoms with E-state index >= 15 is 0 Å². The Hall–Kier alpha value is -4.28. The average molecular weight is 490 g/mol. The summed E-state index contributed by atoms with van der Waals surface area (Å²) in [6.45, 7) is 5.06. The van der Waals surface area contributed by atoms with Gasteiger partial charge in [-0.25, -0.2) is 9.78 Å². The number of nitrogens with one attached hydrogen (secondary N) is 1. The lowest BCUT2D eigenvalue weighted by Crippen LogP contribution is -2.32. The molecule has 1 saturated heterocycles. The van der Waals surface area contributed by atoms with Crippen molar-refractivity contribution < 1.29 is 18.8 Å². The second-order valence-electron chi connectivity index (χ2n) is 8.79. The van der Waals surface area contributed by atoms with Gasteiger partial charge in [0.15, 0.2) is 5.69 Å². The van der Waals surface area contributed by atoms with Crippen LogP contribution in [0, 0.1) is 6.92 Å². The molecule has 5 rings (SSSR count). The number of rotatable bonds is 7. The number of carbonyl (C=O) groups excluding carboxylic acids is 2. The van der Waals surface area contributed by atoms with Gasteiger partial charge < -0.3 is 19.5 Å². The minimum absolute atomic E-state index is 0.0147. The molecule has 1 aromatic carbocycles. The quantitative estimate of drug-likeness (QED) is 0.389. The molecule has 1 fully saturated rings. The van der Waals surface area contributed by atoms with Crippen LogP contribution in [-0.4, -0.2) is 67.4 Å². The monoisotopic (exact) mass is 489 g/mol. The lowest BCUT2D eigenvalue weighted by atomic mass is 10.1. The molecular weight excluding hydrogens is 462 g/mol. The van der Waals surface area contributed by atoms with E-state index in [1.54, 1.807) is 25.1 Å². The molecular formula is C25H27N7O4. The summed E-state index contributed by atoms with van der Waals surface area (Å²) in [6, 6.07) is 9.39. The first-order valence-electron chi connectivity index (χ1n) is 11.9. The van der Waals surface area contributed by atoms with Crippen LogP contribution in [0.4, 0.5) is 5.82 Å². The molecule has 1 aliphatic rings. The number of likely N-dealkylation sites (tertiary alicyclic amines) is 1. The van der Waals surface area contributed by atoms with E-state index in [-0.39, 0.29) is 23.3 Å². The van der Waals surface area contributed by atoms with Crippen LogP contribution >= 0.6 is 0 Å². The van der Waals surface area contributed by atoms with E-state index in [1.165, 1.54) is 10.7 Å². The van der Waals surface area contributed by atoms with E-state index in [9.17, 15) is 9.59 Å². The van der Waals surface area contributed by atoms with Crippen LogP contribution in [0.25, 0.3) is 22.2 Å². The Labute approximate surface area is 207 Å². The van der Waals surface area contributed by atoms with Crippen LogP contribution < -0.4 is 5.32 Å². The molecule has 11 nitrogen and oxygen atoms in total. The van der Waals surface area contributed by atoms with Crippen LogP contribution in [0.3, 0.4) is 0 Å². The number of nitrogens with zero attached hydrogens (tertiary/aromatic N) is 6. The first kappa shape index (κ1) is 23.5. The Bertz CT molecular complexity index is 1430. The fourth-order valence-electron chi connectivity index (χ4n) is 4.29. The van der Waals surface area contributed by atoms with Gasteiger partial charge >= 0.3 is 5.97 Å². The Morgan fingerprint density at radius 2 is 2.11 bits per heavy atom. The van der Waals surface area contributed by atoms with Crippen molar-refractivity contribution in [2.24, 2.45) is 7.05 Å². The topological polar surface area (TPSA) is 128 Å². The Kier molecular flexibility index (Phi) is 6.36. The number of pyridine rings is 1. The van der Waals surface area contributed by atoms with Gasteiger partial charge in [-0.15, -0.1) is 0 Å². The van der Waals surface area contributed by atoms with E-state index in [1.807, 2.05) is 31.2 Å². The molecule has 1 unspecified atom stereocenters. The summed E-state index contributed by atoms with van der Waals surface area (Å²) in [6.07, 6.45) is 3.24. The highest BCUT2D eigenvalue weighted by molar-refractivity contribution is 5.97. The van der Waals surface area contributed by atoms with Gasteiger partial charge in [-0.05, 0) is 30.4 Å². The second-order valence-corrected chi connectivity index (χ2v) is 8.79. The SMILES string of the molecule is CCCOC(=O)c1cc(C(=O)N2CCC(Nc3nccc4ccc(-c5noc(C)n5)cc34)C2)nn1C. The van der Waals surface area contributed by atoms with E-state index < -0.39 is 5.97 Å². The summed E-state index contributed by atoms with van der Waals surface area (Å²) >= 11 is 0. The van der Waals surface area contributed by atoms with Crippen LogP contribution in [0.5, 0.6) is 0 Å². The maximum atomic E-state index is 13.1. The highest BCUT2D eigenvalue weighted by atomic mass is 16.5. The van der Waals surface area contributed by atoms with Gasteiger partial charge in [0.05, 0.1) is 6.61 Å². The molecule has 186 valence electrons. The molecule has 36 heavy (non-hydrogen) atoms. The third-order valence-electron chi connectivity index (χ3n) is 6.11.